The molecule has 4 heteroatoms. The van der Waals surface area contributed by atoms with Crippen LogP contribution < -0.4 is 10.6 Å². The molecule has 4 nitrogen and oxygen atoms in total. The number of amides is 1. The minimum Gasteiger partial charge on any atom is -0.356 e. The average molecular weight is 312 g/mol. The second kappa shape index (κ2) is 12.6. The normalized spacial score (nSPS) is 12.7. The molecule has 0 radical (unpaired) electrons. The van der Waals surface area contributed by atoms with Gasteiger partial charge in [-0.15, -0.1) is 0 Å². The zero-order valence-electron chi connectivity index (χ0n) is 15.2. The highest BCUT2D eigenvalue weighted by molar-refractivity contribution is 5.85. The van der Waals surface area contributed by atoms with E-state index >= 15 is 0 Å². The lowest BCUT2D eigenvalue weighted by molar-refractivity contribution is -0.124. The molecule has 0 rings (SSSR count). The molecule has 2 N–H and O–H groups in total. The Balaban J connectivity index is 3.63. The van der Waals surface area contributed by atoms with Crippen LogP contribution >= 0.6 is 0 Å². The Hall–Kier alpha value is -0.900. The number of Topliss-reactive ketones (excluding diaryl/α,β-unsaturated/α-hetero) is 1. The minimum atomic E-state index is -0.0493. The second-order valence-corrected chi connectivity index (χ2v) is 6.88. The van der Waals surface area contributed by atoms with Gasteiger partial charge in [0.05, 0.1) is 6.04 Å². The van der Waals surface area contributed by atoms with E-state index in [4.69, 9.17) is 0 Å². The zero-order valence-corrected chi connectivity index (χ0v) is 15.2. The molecule has 0 aromatic heterocycles. The van der Waals surface area contributed by atoms with Gasteiger partial charge in [0.1, 0.15) is 0 Å². The molecule has 1 atom stereocenters. The summed E-state index contributed by atoms with van der Waals surface area (Å²) in [7, 11) is 1.84. The lowest BCUT2D eigenvalue weighted by atomic mass is 9.97. The van der Waals surface area contributed by atoms with Gasteiger partial charge in [-0.2, -0.15) is 0 Å². The van der Waals surface area contributed by atoms with Crippen LogP contribution in [0.4, 0.5) is 0 Å². The first kappa shape index (κ1) is 21.1. The average Bonchev–Trinajstić information content (AvgIpc) is 2.46. The van der Waals surface area contributed by atoms with Gasteiger partial charge in [0.2, 0.25) is 5.91 Å². The number of ketones is 1. The zero-order chi connectivity index (χ0) is 17.0. The van der Waals surface area contributed by atoms with Crippen LogP contribution in [0.25, 0.3) is 0 Å². The topological polar surface area (TPSA) is 58.2 Å². The van der Waals surface area contributed by atoms with Crippen molar-refractivity contribution in [3.63, 3.8) is 0 Å². The summed E-state index contributed by atoms with van der Waals surface area (Å²) < 4.78 is 0. The van der Waals surface area contributed by atoms with Crippen molar-refractivity contribution in [2.75, 3.05) is 13.6 Å². The highest BCUT2D eigenvalue weighted by Crippen LogP contribution is 2.09. The Morgan fingerprint density at radius 2 is 1.55 bits per heavy atom. The van der Waals surface area contributed by atoms with Gasteiger partial charge in [0.25, 0.3) is 0 Å². The number of likely N-dealkylation sites (N-methyl/N-ethyl adjacent to an activating group) is 1. The number of nitrogens with one attached hydrogen (secondary N) is 2. The Morgan fingerprint density at radius 3 is 2.09 bits per heavy atom. The molecule has 0 bridgehead atoms. The molecule has 0 aliphatic rings. The van der Waals surface area contributed by atoms with Gasteiger partial charge in [-0.25, -0.2) is 0 Å². The maximum absolute atomic E-state index is 11.9. The van der Waals surface area contributed by atoms with Crippen LogP contribution in [-0.4, -0.2) is 31.3 Å². The molecule has 0 aromatic rings. The number of carbonyl (C=O) groups is 2. The summed E-state index contributed by atoms with van der Waals surface area (Å²) in [6, 6.07) is -0.0493. The van der Waals surface area contributed by atoms with Gasteiger partial charge < -0.3 is 10.6 Å². The molecule has 0 saturated heterocycles. The van der Waals surface area contributed by atoms with Gasteiger partial charge in [0, 0.05) is 18.9 Å². The van der Waals surface area contributed by atoms with E-state index < -0.39 is 0 Å². The summed E-state index contributed by atoms with van der Waals surface area (Å²) >= 11 is 0. The maximum atomic E-state index is 11.9. The fourth-order valence-corrected chi connectivity index (χ4v) is 2.46. The van der Waals surface area contributed by atoms with E-state index in [1.165, 1.54) is 6.42 Å². The summed E-state index contributed by atoms with van der Waals surface area (Å²) in [6.45, 7) is 9.01. The quantitative estimate of drug-likeness (QED) is 0.513. The third-order valence-electron chi connectivity index (χ3n) is 3.94. The standard InChI is InChI=1S/C18H36N2O2/c1-14(2)10-6-7-12-17(21)20-13-9-8-11-16(19-5)18(22)15(3)4/h14-16,19H,6-13H2,1-5H3,(H,20,21). The summed E-state index contributed by atoms with van der Waals surface area (Å²) in [5.41, 5.74) is 0. The Bertz CT molecular complexity index is 314. The molecule has 1 unspecified atom stereocenters. The molecule has 22 heavy (non-hydrogen) atoms. The Morgan fingerprint density at radius 1 is 0.909 bits per heavy atom. The first-order valence-electron chi connectivity index (χ1n) is 8.86. The van der Waals surface area contributed by atoms with Crippen LogP contribution in [0.2, 0.25) is 0 Å². The SMILES string of the molecule is CNC(CCCCNC(=O)CCCCC(C)C)C(=O)C(C)C. The lowest BCUT2D eigenvalue weighted by Gasteiger charge is -2.17. The molecule has 0 aliphatic carbocycles. The van der Waals surface area contributed by atoms with Crippen LogP contribution in [0, 0.1) is 11.8 Å². The Labute approximate surface area is 136 Å². The molecular weight excluding hydrogens is 276 g/mol. The van der Waals surface area contributed by atoms with Crippen LogP contribution in [0.1, 0.15) is 72.6 Å². The number of carbonyl (C=O) groups excluding carboxylic acids is 2. The van der Waals surface area contributed by atoms with E-state index in [0.717, 1.165) is 44.6 Å². The van der Waals surface area contributed by atoms with Gasteiger partial charge in [0.15, 0.2) is 5.78 Å². The smallest absolute Gasteiger partial charge is 0.219 e. The number of unbranched alkanes of at least 4 members (excludes halogenated alkanes) is 2. The van der Waals surface area contributed by atoms with Crippen LogP contribution in [-0.2, 0) is 9.59 Å². The van der Waals surface area contributed by atoms with E-state index in [1.807, 2.05) is 20.9 Å². The molecule has 0 aromatic carbocycles. The van der Waals surface area contributed by atoms with Crippen LogP contribution in [0.3, 0.4) is 0 Å². The Kier molecular flexibility index (Phi) is 12.1. The lowest BCUT2D eigenvalue weighted by Crippen LogP contribution is -2.36. The van der Waals surface area contributed by atoms with Crippen molar-refractivity contribution >= 4 is 11.7 Å². The van der Waals surface area contributed by atoms with E-state index in [-0.39, 0.29) is 23.7 Å². The van der Waals surface area contributed by atoms with Crippen LogP contribution in [0.15, 0.2) is 0 Å². The summed E-state index contributed by atoms with van der Waals surface area (Å²) in [5.74, 6) is 1.23. The van der Waals surface area contributed by atoms with Crippen molar-refractivity contribution in [1.82, 2.24) is 10.6 Å². The first-order valence-corrected chi connectivity index (χ1v) is 8.86. The number of hydrogen-bond donors (Lipinski definition) is 2. The van der Waals surface area contributed by atoms with E-state index in [1.54, 1.807) is 0 Å². The third-order valence-corrected chi connectivity index (χ3v) is 3.94. The van der Waals surface area contributed by atoms with Crippen molar-refractivity contribution in [2.45, 2.75) is 78.7 Å². The largest absolute Gasteiger partial charge is 0.356 e. The van der Waals surface area contributed by atoms with Crippen molar-refractivity contribution in [3.05, 3.63) is 0 Å². The number of rotatable bonds is 13. The first-order chi connectivity index (χ1) is 10.4. The van der Waals surface area contributed by atoms with Gasteiger partial charge >= 0.3 is 0 Å². The van der Waals surface area contributed by atoms with Gasteiger partial charge in [-0.1, -0.05) is 40.5 Å². The molecule has 0 saturated carbocycles. The molecular formula is C18H36N2O2. The van der Waals surface area contributed by atoms with Gasteiger partial charge in [-0.05, 0) is 38.6 Å². The van der Waals surface area contributed by atoms with Crippen molar-refractivity contribution in [2.24, 2.45) is 11.8 Å². The maximum Gasteiger partial charge on any atom is 0.219 e. The van der Waals surface area contributed by atoms with Gasteiger partial charge in [-0.3, -0.25) is 9.59 Å². The molecule has 0 spiro atoms. The molecule has 1 amide bonds. The highest BCUT2D eigenvalue weighted by atomic mass is 16.1. The van der Waals surface area contributed by atoms with Crippen molar-refractivity contribution in [3.8, 4) is 0 Å². The van der Waals surface area contributed by atoms with E-state index in [9.17, 15) is 9.59 Å². The van der Waals surface area contributed by atoms with E-state index in [2.05, 4.69) is 24.5 Å². The molecule has 0 heterocycles. The molecule has 0 fully saturated rings. The molecule has 130 valence electrons. The summed E-state index contributed by atoms with van der Waals surface area (Å²) in [5, 5.41) is 6.06. The predicted octanol–water partition coefficient (Wildman–Crippen LogP) is 3.30. The fourth-order valence-electron chi connectivity index (χ4n) is 2.46. The third kappa shape index (κ3) is 10.8. The second-order valence-electron chi connectivity index (χ2n) is 6.88. The van der Waals surface area contributed by atoms with Crippen molar-refractivity contribution in [1.29, 1.82) is 0 Å². The summed E-state index contributed by atoms with van der Waals surface area (Å²) in [4.78, 5) is 23.6. The van der Waals surface area contributed by atoms with Crippen LogP contribution in [0.5, 0.6) is 0 Å². The minimum absolute atomic E-state index is 0.0493. The summed E-state index contributed by atoms with van der Waals surface area (Å²) in [6.07, 6.45) is 6.68. The number of hydrogen-bond acceptors (Lipinski definition) is 3. The predicted molar refractivity (Wildman–Crippen MR) is 92.9 cm³/mol. The van der Waals surface area contributed by atoms with E-state index in [0.29, 0.717) is 6.42 Å². The highest BCUT2D eigenvalue weighted by Gasteiger charge is 2.18. The van der Waals surface area contributed by atoms with Crippen molar-refractivity contribution < 1.29 is 9.59 Å². The monoisotopic (exact) mass is 312 g/mol. The fraction of sp³-hybridized carbons (Fsp3) is 0.889. The molecule has 0 aliphatic heterocycles.